The summed E-state index contributed by atoms with van der Waals surface area (Å²) in [5, 5.41) is 0. The molecule has 0 radical (unpaired) electrons. The fraction of sp³-hybridized carbons (Fsp3) is 0.0943. The molecule has 2 aliphatic carbocycles. The molecule has 10 rings (SSSR count). The predicted molar refractivity (Wildman–Crippen MR) is 226 cm³/mol. The number of nitrogens with zero attached hydrogens (tertiary/aromatic N) is 1. The number of benzene rings is 8. The zero-order chi connectivity index (χ0) is 35.9. The first-order valence-electron chi connectivity index (χ1n) is 19.3. The van der Waals surface area contributed by atoms with Crippen molar-refractivity contribution in [2.24, 2.45) is 0 Å². The zero-order valence-electron chi connectivity index (χ0n) is 30.3. The molecule has 1 nitrogen and oxygen atoms in total. The lowest BCUT2D eigenvalue weighted by Gasteiger charge is -2.35. The van der Waals surface area contributed by atoms with E-state index in [4.69, 9.17) is 0 Å². The number of fused-ring (bicyclic) bond motifs is 4. The topological polar surface area (TPSA) is 3.24 Å². The Kier molecular flexibility index (Phi) is 8.07. The van der Waals surface area contributed by atoms with Gasteiger partial charge < -0.3 is 4.90 Å². The predicted octanol–water partition coefficient (Wildman–Crippen LogP) is 13.7. The van der Waals surface area contributed by atoms with E-state index in [0.717, 1.165) is 17.8 Å². The molecular weight excluding hydrogens is 651 g/mol. The van der Waals surface area contributed by atoms with Gasteiger partial charge in [-0.3, -0.25) is 0 Å². The SMILES string of the molecule is c1ccc(-c2ccc(N(c3ccccc3)c3cc4c(cc3-c3ccc5c(c3)CCCC5)-c3ccccc3C4(c3ccccc3)c3ccccc3)cc2)cc1. The first-order chi connectivity index (χ1) is 26.8. The van der Waals surface area contributed by atoms with Crippen LogP contribution in [0.1, 0.15) is 46.2 Å². The van der Waals surface area contributed by atoms with Crippen LogP contribution in [0.3, 0.4) is 0 Å². The van der Waals surface area contributed by atoms with Gasteiger partial charge in [0.25, 0.3) is 0 Å². The Bertz CT molecular complexity index is 2530. The molecule has 0 aliphatic heterocycles. The largest absolute Gasteiger partial charge is 0.310 e. The molecular formula is C53H41N. The maximum Gasteiger partial charge on any atom is 0.0714 e. The van der Waals surface area contributed by atoms with E-state index in [0.29, 0.717) is 0 Å². The summed E-state index contributed by atoms with van der Waals surface area (Å²) in [5.41, 5.74) is 18.6. The van der Waals surface area contributed by atoms with Gasteiger partial charge in [-0.05, 0) is 123 Å². The highest BCUT2D eigenvalue weighted by atomic mass is 15.1. The summed E-state index contributed by atoms with van der Waals surface area (Å²) in [5.74, 6) is 0. The summed E-state index contributed by atoms with van der Waals surface area (Å²) in [6, 6.07) is 74.3. The summed E-state index contributed by atoms with van der Waals surface area (Å²) in [6.07, 6.45) is 4.83. The van der Waals surface area contributed by atoms with Crippen LogP contribution in [0.25, 0.3) is 33.4 Å². The van der Waals surface area contributed by atoms with Crippen LogP contribution in [0.4, 0.5) is 17.1 Å². The van der Waals surface area contributed by atoms with Crippen LogP contribution in [0.15, 0.2) is 200 Å². The van der Waals surface area contributed by atoms with Crippen LogP contribution in [-0.2, 0) is 18.3 Å². The van der Waals surface area contributed by atoms with E-state index in [1.807, 2.05) is 0 Å². The third-order valence-corrected chi connectivity index (χ3v) is 11.7. The molecule has 0 heterocycles. The Morgan fingerprint density at radius 3 is 1.57 bits per heavy atom. The van der Waals surface area contributed by atoms with Gasteiger partial charge in [-0.1, -0.05) is 164 Å². The van der Waals surface area contributed by atoms with E-state index < -0.39 is 5.41 Å². The Hall–Kier alpha value is -6.44. The van der Waals surface area contributed by atoms with Crippen LogP contribution < -0.4 is 4.90 Å². The van der Waals surface area contributed by atoms with Crippen molar-refractivity contribution in [2.75, 3.05) is 4.90 Å². The summed E-state index contributed by atoms with van der Waals surface area (Å²) in [7, 11) is 0. The lowest BCUT2D eigenvalue weighted by atomic mass is 9.67. The normalized spacial score (nSPS) is 13.8. The van der Waals surface area contributed by atoms with Crippen LogP contribution in [0.2, 0.25) is 0 Å². The van der Waals surface area contributed by atoms with Gasteiger partial charge in [0, 0.05) is 16.9 Å². The number of hydrogen-bond acceptors (Lipinski definition) is 1. The first-order valence-corrected chi connectivity index (χ1v) is 19.3. The lowest BCUT2D eigenvalue weighted by molar-refractivity contribution is 0.686. The van der Waals surface area contributed by atoms with Crippen molar-refractivity contribution in [1.29, 1.82) is 0 Å². The second-order valence-corrected chi connectivity index (χ2v) is 14.7. The highest BCUT2D eigenvalue weighted by molar-refractivity contribution is 5.96. The van der Waals surface area contributed by atoms with Gasteiger partial charge in [0.05, 0.1) is 11.1 Å². The Labute approximate surface area is 318 Å². The van der Waals surface area contributed by atoms with E-state index in [2.05, 4.69) is 205 Å². The summed E-state index contributed by atoms with van der Waals surface area (Å²) < 4.78 is 0. The van der Waals surface area contributed by atoms with Gasteiger partial charge in [0.15, 0.2) is 0 Å². The Morgan fingerprint density at radius 1 is 0.352 bits per heavy atom. The minimum absolute atomic E-state index is 0.503. The molecule has 1 heteroatoms. The molecule has 0 fully saturated rings. The third-order valence-electron chi connectivity index (χ3n) is 11.7. The van der Waals surface area contributed by atoms with Crippen LogP contribution in [0.5, 0.6) is 0 Å². The maximum absolute atomic E-state index is 2.53. The van der Waals surface area contributed by atoms with Gasteiger partial charge in [-0.2, -0.15) is 0 Å². The molecule has 0 atom stereocenters. The number of anilines is 3. The lowest BCUT2D eigenvalue weighted by Crippen LogP contribution is -2.28. The fourth-order valence-electron chi connectivity index (χ4n) is 9.23. The van der Waals surface area contributed by atoms with Crippen molar-refractivity contribution in [3.8, 4) is 33.4 Å². The van der Waals surface area contributed by atoms with Crippen molar-refractivity contribution in [3.63, 3.8) is 0 Å². The minimum Gasteiger partial charge on any atom is -0.310 e. The molecule has 2 aliphatic rings. The Balaban J connectivity index is 1.29. The monoisotopic (exact) mass is 691 g/mol. The van der Waals surface area contributed by atoms with E-state index >= 15 is 0 Å². The van der Waals surface area contributed by atoms with Gasteiger partial charge in [-0.25, -0.2) is 0 Å². The molecule has 0 aromatic heterocycles. The standard InChI is InChI=1S/C53H41N/c1-5-17-38(18-6-1)40-31-33-46(34-32-40)54(45-25-11-4-12-26-45)52-37-51-49(36-48(52)42-30-29-39-19-13-14-20-41(39)35-42)47-27-15-16-28-50(47)53(51,43-21-7-2-8-22-43)44-23-9-3-10-24-44/h1-12,15-18,21-37H,13-14,19-20H2. The maximum atomic E-state index is 2.53. The zero-order valence-corrected chi connectivity index (χ0v) is 30.3. The van der Waals surface area contributed by atoms with E-state index in [-0.39, 0.29) is 0 Å². The van der Waals surface area contributed by atoms with Gasteiger partial charge in [0.1, 0.15) is 0 Å². The van der Waals surface area contributed by atoms with Gasteiger partial charge in [-0.15, -0.1) is 0 Å². The number of hydrogen-bond donors (Lipinski definition) is 0. The van der Waals surface area contributed by atoms with Crippen LogP contribution >= 0.6 is 0 Å². The highest BCUT2D eigenvalue weighted by Crippen LogP contribution is 2.59. The number of aryl methyl sites for hydroxylation is 2. The molecule has 8 aromatic rings. The van der Waals surface area contributed by atoms with Gasteiger partial charge in [0.2, 0.25) is 0 Å². The van der Waals surface area contributed by atoms with E-state index in [1.165, 1.54) is 91.7 Å². The van der Waals surface area contributed by atoms with Crippen molar-refractivity contribution in [3.05, 3.63) is 234 Å². The first kappa shape index (κ1) is 32.2. The van der Waals surface area contributed by atoms with Crippen molar-refractivity contribution < 1.29 is 0 Å². The number of rotatable bonds is 7. The Morgan fingerprint density at radius 2 is 0.889 bits per heavy atom. The van der Waals surface area contributed by atoms with E-state index in [9.17, 15) is 0 Å². The molecule has 0 amide bonds. The highest BCUT2D eigenvalue weighted by Gasteiger charge is 2.46. The van der Waals surface area contributed by atoms with E-state index in [1.54, 1.807) is 0 Å². The molecule has 0 bridgehead atoms. The molecule has 0 saturated heterocycles. The van der Waals surface area contributed by atoms with Crippen LogP contribution in [-0.4, -0.2) is 0 Å². The summed E-state index contributed by atoms with van der Waals surface area (Å²) in [4.78, 5) is 2.48. The molecule has 0 spiro atoms. The summed E-state index contributed by atoms with van der Waals surface area (Å²) >= 11 is 0. The average molecular weight is 692 g/mol. The second kappa shape index (κ2) is 13.5. The molecule has 0 unspecified atom stereocenters. The summed E-state index contributed by atoms with van der Waals surface area (Å²) in [6.45, 7) is 0. The quantitative estimate of drug-likeness (QED) is 0.161. The van der Waals surface area contributed by atoms with Gasteiger partial charge >= 0.3 is 0 Å². The fourth-order valence-corrected chi connectivity index (χ4v) is 9.23. The van der Waals surface area contributed by atoms with Crippen LogP contribution in [0, 0.1) is 0 Å². The smallest absolute Gasteiger partial charge is 0.0714 e. The average Bonchev–Trinajstić information content (AvgIpc) is 3.55. The number of para-hydroxylation sites is 1. The van der Waals surface area contributed by atoms with Crippen molar-refractivity contribution in [2.45, 2.75) is 31.1 Å². The molecule has 0 N–H and O–H groups in total. The molecule has 258 valence electrons. The third kappa shape index (κ3) is 5.31. The molecule has 54 heavy (non-hydrogen) atoms. The second-order valence-electron chi connectivity index (χ2n) is 14.7. The minimum atomic E-state index is -0.503. The van der Waals surface area contributed by atoms with Crippen molar-refractivity contribution >= 4 is 17.1 Å². The molecule has 8 aromatic carbocycles. The molecule has 0 saturated carbocycles. The van der Waals surface area contributed by atoms with Crippen molar-refractivity contribution in [1.82, 2.24) is 0 Å².